The van der Waals surface area contributed by atoms with Crippen LogP contribution in [0.3, 0.4) is 0 Å². The first-order chi connectivity index (χ1) is 9.86. The average molecular weight is 286 g/mol. The number of phenols is 1. The molecule has 1 aromatic carbocycles. The van der Waals surface area contributed by atoms with Gasteiger partial charge in [0.25, 0.3) is 5.91 Å². The summed E-state index contributed by atoms with van der Waals surface area (Å²) in [4.78, 5) is 11.9. The summed E-state index contributed by atoms with van der Waals surface area (Å²) in [6.45, 7) is 6.09. The first-order valence-corrected chi connectivity index (χ1v) is 6.54. The number of nitrogens with zero attached hydrogens (tertiary/aromatic N) is 2. The van der Waals surface area contributed by atoms with E-state index in [1.165, 1.54) is 6.21 Å². The van der Waals surface area contributed by atoms with Gasteiger partial charge in [-0.3, -0.25) is 9.89 Å². The molecule has 0 radical (unpaired) electrons. The molecule has 1 aromatic heterocycles. The summed E-state index contributed by atoms with van der Waals surface area (Å²) in [7, 11) is 0. The smallest absolute Gasteiger partial charge is 0.291 e. The number of hydrogen-bond donors (Lipinski definition) is 3. The Bertz CT molecular complexity index is 668. The number of hydrogen-bond acceptors (Lipinski definition) is 4. The average Bonchev–Trinajstić information content (AvgIpc) is 2.88. The van der Waals surface area contributed by atoms with Crippen molar-refractivity contribution in [3.63, 3.8) is 0 Å². The molecule has 1 heterocycles. The van der Waals surface area contributed by atoms with Crippen LogP contribution in [-0.4, -0.2) is 27.4 Å². The number of aromatic hydroxyl groups is 1. The molecule has 6 heteroatoms. The Hall–Kier alpha value is -2.63. The number of carbonyl (C=O) groups excluding carboxylic acids is 1. The largest absolute Gasteiger partial charge is 0.508 e. The molecule has 0 fully saturated rings. The van der Waals surface area contributed by atoms with Crippen LogP contribution in [0.5, 0.6) is 5.75 Å². The Morgan fingerprint density at radius 3 is 2.76 bits per heavy atom. The molecule has 0 saturated carbocycles. The van der Waals surface area contributed by atoms with Crippen LogP contribution >= 0.6 is 0 Å². The number of nitrogens with one attached hydrogen (secondary N) is 2. The molecule has 3 N–H and O–H groups in total. The third kappa shape index (κ3) is 3.92. The van der Waals surface area contributed by atoms with Gasteiger partial charge in [-0.25, -0.2) is 5.43 Å². The zero-order valence-corrected chi connectivity index (χ0v) is 12.2. The maximum absolute atomic E-state index is 11.9. The third-order valence-electron chi connectivity index (χ3n) is 2.87. The Labute approximate surface area is 122 Å². The van der Waals surface area contributed by atoms with Crippen LogP contribution in [0.25, 0.3) is 0 Å². The number of carbonyl (C=O) groups is 1. The second-order valence-electron chi connectivity index (χ2n) is 5.71. The van der Waals surface area contributed by atoms with Gasteiger partial charge in [-0.2, -0.15) is 10.2 Å². The highest BCUT2D eigenvalue weighted by molar-refractivity contribution is 5.93. The minimum Gasteiger partial charge on any atom is -0.508 e. The zero-order valence-electron chi connectivity index (χ0n) is 12.2. The standard InChI is InChI=1S/C15H18N4O2/c1-15(2,3)13-8-12(17-18-13)14(21)19-16-9-10-5-4-6-11(20)7-10/h4-9,20H,1-3H3,(H,17,18)(H,19,21). The van der Waals surface area contributed by atoms with Gasteiger partial charge in [0.2, 0.25) is 0 Å². The highest BCUT2D eigenvalue weighted by atomic mass is 16.3. The first kappa shape index (κ1) is 14.8. The lowest BCUT2D eigenvalue weighted by atomic mass is 9.92. The number of phenolic OH excluding ortho intramolecular Hbond substituents is 1. The monoisotopic (exact) mass is 286 g/mol. The fraction of sp³-hybridized carbons (Fsp3) is 0.267. The maximum atomic E-state index is 11.9. The van der Waals surface area contributed by atoms with Crippen molar-refractivity contribution in [1.82, 2.24) is 15.6 Å². The van der Waals surface area contributed by atoms with Crippen LogP contribution in [0.15, 0.2) is 35.4 Å². The normalized spacial score (nSPS) is 11.8. The number of hydrazone groups is 1. The van der Waals surface area contributed by atoms with E-state index in [2.05, 4.69) is 20.7 Å². The fourth-order valence-corrected chi connectivity index (χ4v) is 1.65. The van der Waals surface area contributed by atoms with Crippen LogP contribution in [0.2, 0.25) is 0 Å². The van der Waals surface area contributed by atoms with Gasteiger partial charge in [-0.15, -0.1) is 0 Å². The zero-order chi connectivity index (χ0) is 15.5. The minimum absolute atomic E-state index is 0.101. The molecule has 6 nitrogen and oxygen atoms in total. The minimum atomic E-state index is -0.391. The predicted molar refractivity (Wildman–Crippen MR) is 80.5 cm³/mol. The SMILES string of the molecule is CC(C)(C)c1cc(C(=O)NN=Cc2cccc(O)c2)n[nH]1. The molecule has 0 bridgehead atoms. The van der Waals surface area contributed by atoms with Gasteiger partial charge in [-0.1, -0.05) is 32.9 Å². The van der Waals surface area contributed by atoms with Crippen molar-refractivity contribution < 1.29 is 9.90 Å². The van der Waals surface area contributed by atoms with Gasteiger partial charge < -0.3 is 5.11 Å². The van der Waals surface area contributed by atoms with Crippen molar-refractivity contribution in [2.45, 2.75) is 26.2 Å². The molecule has 0 aliphatic carbocycles. The highest BCUT2D eigenvalue weighted by Gasteiger charge is 2.18. The summed E-state index contributed by atoms with van der Waals surface area (Å²) >= 11 is 0. The summed E-state index contributed by atoms with van der Waals surface area (Å²) in [6, 6.07) is 8.28. The van der Waals surface area contributed by atoms with Crippen LogP contribution in [0, 0.1) is 0 Å². The van der Waals surface area contributed by atoms with E-state index in [0.717, 1.165) is 5.69 Å². The second-order valence-corrected chi connectivity index (χ2v) is 5.71. The van der Waals surface area contributed by atoms with Gasteiger partial charge in [-0.05, 0) is 23.8 Å². The topological polar surface area (TPSA) is 90.4 Å². The van der Waals surface area contributed by atoms with Gasteiger partial charge in [0.05, 0.1) is 6.21 Å². The predicted octanol–water partition coefficient (Wildman–Crippen LogP) is 2.18. The van der Waals surface area contributed by atoms with E-state index in [9.17, 15) is 9.90 Å². The number of rotatable bonds is 3. The van der Waals surface area contributed by atoms with Crippen molar-refractivity contribution in [2.75, 3.05) is 0 Å². The van der Waals surface area contributed by atoms with Gasteiger partial charge in [0.15, 0.2) is 5.69 Å². The van der Waals surface area contributed by atoms with E-state index in [4.69, 9.17) is 0 Å². The summed E-state index contributed by atoms with van der Waals surface area (Å²) in [5.41, 5.74) is 4.15. The van der Waals surface area contributed by atoms with Crippen molar-refractivity contribution >= 4 is 12.1 Å². The molecule has 0 unspecified atom stereocenters. The van der Waals surface area contributed by atoms with Crippen LogP contribution in [0.1, 0.15) is 42.5 Å². The summed E-state index contributed by atoms with van der Waals surface area (Å²) in [6.07, 6.45) is 1.45. The number of amides is 1. The molecule has 0 saturated heterocycles. The van der Waals surface area contributed by atoms with Crippen LogP contribution < -0.4 is 5.43 Å². The molecule has 2 aromatic rings. The van der Waals surface area contributed by atoms with Gasteiger partial charge >= 0.3 is 0 Å². The van der Waals surface area contributed by atoms with Crippen molar-refractivity contribution in [3.05, 3.63) is 47.3 Å². The van der Waals surface area contributed by atoms with Crippen LogP contribution in [-0.2, 0) is 5.41 Å². The number of aromatic nitrogens is 2. The molecule has 0 atom stereocenters. The van der Waals surface area contributed by atoms with E-state index in [0.29, 0.717) is 5.56 Å². The Balaban J connectivity index is 2.00. The third-order valence-corrected chi connectivity index (χ3v) is 2.87. The molecule has 110 valence electrons. The molecule has 1 amide bonds. The lowest BCUT2D eigenvalue weighted by Crippen LogP contribution is -2.18. The lowest BCUT2D eigenvalue weighted by molar-refractivity contribution is 0.0950. The van der Waals surface area contributed by atoms with Crippen molar-refractivity contribution in [1.29, 1.82) is 0 Å². The molecule has 0 aliphatic rings. The van der Waals surface area contributed by atoms with Crippen molar-refractivity contribution in [3.8, 4) is 5.75 Å². The van der Waals surface area contributed by atoms with Crippen LogP contribution in [0.4, 0.5) is 0 Å². The molecule has 0 aliphatic heterocycles. The maximum Gasteiger partial charge on any atom is 0.291 e. The fourth-order valence-electron chi connectivity index (χ4n) is 1.65. The summed E-state index contributed by atoms with van der Waals surface area (Å²) < 4.78 is 0. The van der Waals surface area contributed by atoms with Gasteiger partial charge in [0.1, 0.15) is 5.75 Å². The Morgan fingerprint density at radius 2 is 2.14 bits per heavy atom. The lowest BCUT2D eigenvalue weighted by Gasteiger charge is -2.14. The second kappa shape index (κ2) is 5.78. The van der Waals surface area contributed by atoms with Crippen molar-refractivity contribution in [2.24, 2.45) is 5.10 Å². The molecular formula is C15H18N4O2. The number of H-pyrrole nitrogens is 1. The quantitative estimate of drug-likeness (QED) is 0.596. The molecule has 21 heavy (non-hydrogen) atoms. The number of aromatic amines is 1. The molecular weight excluding hydrogens is 268 g/mol. The molecule has 0 spiro atoms. The Morgan fingerprint density at radius 1 is 1.38 bits per heavy atom. The molecule has 2 rings (SSSR count). The first-order valence-electron chi connectivity index (χ1n) is 6.54. The van der Waals surface area contributed by atoms with Gasteiger partial charge in [0, 0.05) is 11.1 Å². The van der Waals surface area contributed by atoms with E-state index < -0.39 is 5.91 Å². The Kier molecular flexibility index (Phi) is 4.07. The van der Waals surface area contributed by atoms with E-state index in [1.807, 2.05) is 20.8 Å². The number of benzene rings is 1. The summed E-state index contributed by atoms with van der Waals surface area (Å²) in [5, 5.41) is 20.0. The highest BCUT2D eigenvalue weighted by Crippen LogP contribution is 2.20. The van der Waals surface area contributed by atoms with E-state index >= 15 is 0 Å². The van der Waals surface area contributed by atoms with E-state index in [-0.39, 0.29) is 16.9 Å². The van der Waals surface area contributed by atoms with E-state index in [1.54, 1.807) is 30.3 Å². The summed E-state index contributed by atoms with van der Waals surface area (Å²) in [5.74, 6) is -0.245.